The number of rotatable bonds is 6. The summed E-state index contributed by atoms with van der Waals surface area (Å²) in [5.74, 6) is 0. The van der Waals surface area contributed by atoms with Gasteiger partial charge in [0.2, 0.25) is 0 Å². The Hall–Kier alpha value is -0.570. The molecule has 86 valence electrons. The van der Waals surface area contributed by atoms with Crippen molar-refractivity contribution < 1.29 is 9.90 Å². The van der Waals surface area contributed by atoms with Crippen molar-refractivity contribution in [3.05, 3.63) is 0 Å². The topological polar surface area (TPSA) is 63.3 Å². The van der Waals surface area contributed by atoms with E-state index in [4.69, 9.17) is 15.6 Å². The quantitative estimate of drug-likeness (QED) is 0.515. The van der Waals surface area contributed by atoms with Gasteiger partial charge in [-0.1, -0.05) is 39.0 Å². The van der Waals surface area contributed by atoms with E-state index in [1.165, 1.54) is 32.1 Å². The van der Waals surface area contributed by atoms with Crippen molar-refractivity contribution in [3.8, 4) is 0 Å². The van der Waals surface area contributed by atoms with Gasteiger partial charge in [-0.15, -0.1) is 0 Å². The summed E-state index contributed by atoms with van der Waals surface area (Å²) < 4.78 is 0. The van der Waals surface area contributed by atoms with Crippen molar-refractivity contribution in [1.29, 1.82) is 0 Å². The smallest absolute Gasteiger partial charge is 0.290 e. The lowest BCUT2D eigenvalue weighted by molar-refractivity contribution is -0.122. The molecule has 0 saturated carbocycles. The number of hydrogen-bond acceptors (Lipinski definition) is 2. The third kappa shape index (κ3) is 22.5. The van der Waals surface area contributed by atoms with Crippen LogP contribution < -0.4 is 5.73 Å². The van der Waals surface area contributed by atoms with Crippen LogP contribution in [0.15, 0.2) is 0 Å². The van der Waals surface area contributed by atoms with Crippen molar-refractivity contribution >= 4 is 6.47 Å². The third-order valence-electron chi connectivity index (χ3n) is 1.92. The van der Waals surface area contributed by atoms with E-state index in [-0.39, 0.29) is 12.0 Å². The largest absolute Gasteiger partial charge is 0.483 e. The Bertz CT molecular complexity index is 119. The van der Waals surface area contributed by atoms with Gasteiger partial charge in [-0.05, 0) is 20.3 Å². The Balaban J connectivity index is 0. The molecule has 3 heteroatoms. The molecule has 0 spiro atoms. The molecule has 0 atom stereocenters. The standard InChI is InChI=1S/C10H23N.CH2O2/c1-4-5-6-7-8-9-10(2,3)11;2-1-3/h4-9,11H2,1-3H3;1H,(H,2,3). The zero-order chi connectivity index (χ0) is 11.4. The molecule has 0 aliphatic heterocycles. The van der Waals surface area contributed by atoms with E-state index in [1.54, 1.807) is 0 Å². The van der Waals surface area contributed by atoms with Crippen LogP contribution in [0.1, 0.15) is 59.3 Å². The molecule has 0 aromatic rings. The minimum atomic E-state index is -0.250. The maximum absolute atomic E-state index is 8.36. The maximum atomic E-state index is 8.36. The fourth-order valence-corrected chi connectivity index (χ4v) is 1.18. The first-order valence-electron chi connectivity index (χ1n) is 5.34. The lowest BCUT2D eigenvalue weighted by atomic mass is 9.98. The first kappa shape index (κ1) is 15.9. The molecule has 0 saturated heterocycles. The van der Waals surface area contributed by atoms with E-state index in [0.717, 1.165) is 6.42 Å². The SMILES string of the molecule is CCCCCCCC(C)(C)N.O=CO. The normalized spacial score (nSPS) is 10.3. The van der Waals surface area contributed by atoms with E-state index in [9.17, 15) is 0 Å². The first-order valence-corrected chi connectivity index (χ1v) is 5.34. The summed E-state index contributed by atoms with van der Waals surface area (Å²) in [6.07, 6.45) is 7.90. The van der Waals surface area contributed by atoms with Gasteiger partial charge in [-0.3, -0.25) is 4.79 Å². The number of carbonyl (C=O) groups is 1. The first-order chi connectivity index (χ1) is 6.47. The second-order valence-electron chi connectivity index (χ2n) is 4.26. The predicted molar refractivity (Wildman–Crippen MR) is 60.3 cm³/mol. The highest BCUT2D eigenvalue weighted by Crippen LogP contribution is 2.11. The van der Waals surface area contributed by atoms with Crippen LogP contribution >= 0.6 is 0 Å². The van der Waals surface area contributed by atoms with E-state index >= 15 is 0 Å². The molecule has 0 aliphatic carbocycles. The summed E-state index contributed by atoms with van der Waals surface area (Å²) in [7, 11) is 0. The molecule has 0 aromatic heterocycles. The summed E-state index contributed by atoms with van der Waals surface area (Å²) >= 11 is 0. The van der Waals surface area contributed by atoms with Crippen molar-refractivity contribution in [1.82, 2.24) is 0 Å². The number of hydrogen-bond donors (Lipinski definition) is 2. The molecule has 0 rings (SSSR count). The van der Waals surface area contributed by atoms with Gasteiger partial charge >= 0.3 is 0 Å². The van der Waals surface area contributed by atoms with Crippen LogP contribution in [-0.2, 0) is 4.79 Å². The van der Waals surface area contributed by atoms with Crippen molar-refractivity contribution in [2.24, 2.45) is 5.73 Å². The zero-order valence-corrected chi connectivity index (χ0v) is 9.75. The van der Waals surface area contributed by atoms with Crippen LogP contribution in [0, 0.1) is 0 Å². The van der Waals surface area contributed by atoms with Crippen LogP contribution in [0.3, 0.4) is 0 Å². The Morgan fingerprint density at radius 3 is 2.00 bits per heavy atom. The fourth-order valence-electron chi connectivity index (χ4n) is 1.18. The Labute approximate surface area is 87.7 Å². The lowest BCUT2D eigenvalue weighted by Gasteiger charge is -2.17. The van der Waals surface area contributed by atoms with Gasteiger partial charge in [0, 0.05) is 5.54 Å². The highest BCUT2D eigenvalue weighted by Gasteiger charge is 2.08. The molecule has 0 heterocycles. The van der Waals surface area contributed by atoms with Crippen LogP contribution in [0.25, 0.3) is 0 Å². The second-order valence-corrected chi connectivity index (χ2v) is 4.26. The molecule has 14 heavy (non-hydrogen) atoms. The maximum Gasteiger partial charge on any atom is 0.290 e. The molecular formula is C11H25NO2. The highest BCUT2D eigenvalue weighted by atomic mass is 16.3. The molecule has 0 amide bonds. The van der Waals surface area contributed by atoms with Crippen LogP contribution in [0.4, 0.5) is 0 Å². The van der Waals surface area contributed by atoms with Crippen molar-refractivity contribution in [3.63, 3.8) is 0 Å². The van der Waals surface area contributed by atoms with Gasteiger partial charge < -0.3 is 10.8 Å². The summed E-state index contributed by atoms with van der Waals surface area (Å²) in [4.78, 5) is 8.36. The summed E-state index contributed by atoms with van der Waals surface area (Å²) in [6.45, 7) is 6.20. The number of carboxylic acid groups (broad SMARTS) is 1. The van der Waals surface area contributed by atoms with Crippen LogP contribution in [-0.4, -0.2) is 17.1 Å². The lowest BCUT2D eigenvalue weighted by Crippen LogP contribution is -2.31. The minimum absolute atomic E-state index is 0.0478. The molecule has 0 aromatic carbocycles. The van der Waals surface area contributed by atoms with Crippen molar-refractivity contribution in [2.75, 3.05) is 0 Å². The summed E-state index contributed by atoms with van der Waals surface area (Å²) in [5.41, 5.74) is 5.90. The third-order valence-corrected chi connectivity index (χ3v) is 1.92. The molecule has 0 radical (unpaired) electrons. The van der Waals surface area contributed by atoms with Crippen LogP contribution in [0.5, 0.6) is 0 Å². The van der Waals surface area contributed by atoms with E-state index in [2.05, 4.69) is 20.8 Å². The van der Waals surface area contributed by atoms with Gasteiger partial charge in [-0.2, -0.15) is 0 Å². The predicted octanol–water partition coefficient (Wildman–Crippen LogP) is 2.79. The molecule has 0 fully saturated rings. The van der Waals surface area contributed by atoms with Crippen molar-refractivity contribution in [2.45, 2.75) is 64.8 Å². The minimum Gasteiger partial charge on any atom is -0.483 e. The van der Waals surface area contributed by atoms with Gasteiger partial charge in [-0.25, -0.2) is 0 Å². The number of nitrogens with two attached hydrogens (primary N) is 1. The average Bonchev–Trinajstić information content (AvgIpc) is 2.03. The number of unbranched alkanes of at least 4 members (excludes halogenated alkanes) is 4. The average molecular weight is 203 g/mol. The van der Waals surface area contributed by atoms with Gasteiger partial charge in [0.05, 0.1) is 0 Å². The molecule has 3 nitrogen and oxygen atoms in total. The molecule has 0 bridgehead atoms. The summed E-state index contributed by atoms with van der Waals surface area (Å²) in [6, 6.07) is 0. The molecule has 0 unspecified atom stereocenters. The Morgan fingerprint density at radius 2 is 1.64 bits per heavy atom. The second kappa shape index (κ2) is 10.5. The van der Waals surface area contributed by atoms with Crippen LogP contribution in [0.2, 0.25) is 0 Å². The summed E-state index contributed by atoms with van der Waals surface area (Å²) in [5, 5.41) is 6.89. The highest BCUT2D eigenvalue weighted by molar-refractivity contribution is 5.32. The van der Waals surface area contributed by atoms with E-state index in [0.29, 0.717) is 0 Å². The Morgan fingerprint density at radius 1 is 1.21 bits per heavy atom. The molecule has 3 N–H and O–H groups in total. The van der Waals surface area contributed by atoms with Gasteiger partial charge in [0.15, 0.2) is 0 Å². The van der Waals surface area contributed by atoms with E-state index < -0.39 is 0 Å². The monoisotopic (exact) mass is 203 g/mol. The Kier molecular flexibility index (Phi) is 11.9. The molecular weight excluding hydrogens is 178 g/mol. The van der Waals surface area contributed by atoms with Gasteiger partial charge in [0.25, 0.3) is 6.47 Å². The zero-order valence-electron chi connectivity index (χ0n) is 9.75. The molecule has 0 aliphatic rings. The fraction of sp³-hybridized carbons (Fsp3) is 0.909. The van der Waals surface area contributed by atoms with E-state index in [1.807, 2.05) is 0 Å². The van der Waals surface area contributed by atoms with Gasteiger partial charge in [0.1, 0.15) is 0 Å².